The van der Waals surface area contributed by atoms with Crippen LogP contribution < -0.4 is 0 Å². The third-order valence-electron chi connectivity index (χ3n) is 4.68. The summed E-state index contributed by atoms with van der Waals surface area (Å²) in [5.41, 5.74) is 2.58. The summed E-state index contributed by atoms with van der Waals surface area (Å²) >= 11 is 0. The first-order valence-electron chi connectivity index (χ1n) is 8.01. The van der Waals surface area contributed by atoms with Gasteiger partial charge in [-0.15, -0.1) is 0 Å². The van der Waals surface area contributed by atoms with Crippen LogP contribution >= 0.6 is 0 Å². The minimum Gasteiger partial charge on any atom is -0.349 e. The summed E-state index contributed by atoms with van der Waals surface area (Å²) in [7, 11) is -3.61. The van der Waals surface area contributed by atoms with Crippen LogP contribution in [0.15, 0.2) is 53.7 Å². The quantitative estimate of drug-likeness (QED) is 0.720. The third kappa shape index (κ3) is 2.25. The Labute approximate surface area is 141 Å². The van der Waals surface area contributed by atoms with E-state index in [1.165, 1.54) is 0 Å². The van der Waals surface area contributed by atoms with Gasteiger partial charge in [-0.25, -0.2) is 8.42 Å². The van der Waals surface area contributed by atoms with Crippen molar-refractivity contribution in [2.45, 2.75) is 31.3 Å². The molecule has 1 aromatic carbocycles. The highest BCUT2D eigenvalue weighted by Crippen LogP contribution is 2.33. The van der Waals surface area contributed by atoms with Crippen LogP contribution in [0.1, 0.15) is 24.2 Å². The lowest BCUT2D eigenvalue weighted by Crippen LogP contribution is -2.40. The number of pyridine rings is 1. The molecule has 0 spiro atoms. The Morgan fingerprint density at radius 2 is 2.00 bits per heavy atom. The summed E-state index contributed by atoms with van der Waals surface area (Å²) in [6.45, 7) is 5.02. The molecule has 24 heavy (non-hydrogen) atoms. The monoisotopic (exact) mass is 341 g/mol. The summed E-state index contributed by atoms with van der Waals surface area (Å²) in [6, 6.07) is 11.1. The minimum atomic E-state index is -3.61. The number of sulfonamides is 1. The Balaban J connectivity index is 1.85. The first kappa shape index (κ1) is 15.4. The topological polar surface area (TPSA) is 55.2 Å². The Morgan fingerprint density at radius 3 is 2.83 bits per heavy atom. The van der Waals surface area contributed by atoms with Crippen LogP contribution in [0.2, 0.25) is 0 Å². The number of aryl methyl sites for hydroxylation is 1. The zero-order valence-corrected chi connectivity index (χ0v) is 14.5. The molecule has 0 amide bonds. The van der Waals surface area contributed by atoms with Gasteiger partial charge in [0.05, 0.1) is 11.6 Å². The van der Waals surface area contributed by atoms with Gasteiger partial charge in [-0.1, -0.05) is 12.1 Å². The molecule has 0 N–H and O–H groups in total. The van der Waals surface area contributed by atoms with E-state index in [9.17, 15) is 8.42 Å². The van der Waals surface area contributed by atoms with E-state index in [1.54, 1.807) is 22.6 Å². The van der Waals surface area contributed by atoms with Gasteiger partial charge in [0.15, 0.2) is 0 Å². The van der Waals surface area contributed by atoms with Gasteiger partial charge in [0, 0.05) is 36.6 Å². The van der Waals surface area contributed by atoms with Crippen LogP contribution in [0.4, 0.5) is 0 Å². The number of aromatic nitrogens is 2. The van der Waals surface area contributed by atoms with Gasteiger partial charge in [0.1, 0.15) is 4.90 Å². The second kappa shape index (κ2) is 5.43. The predicted octanol–water partition coefficient (Wildman–Crippen LogP) is 3.11. The van der Waals surface area contributed by atoms with Gasteiger partial charge in [0.25, 0.3) is 0 Å². The van der Waals surface area contributed by atoms with Gasteiger partial charge in [0.2, 0.25) is 10.0 Å². The van der Waals surface area contributed by atoms with Crippen molar-refractivity contribution in [2.75, 3.05) is 6.54 Å². The Hall–Kier alpha value is -2.18. The van der Waals surface area contributed by atoms with Crippen molar-refractivity contribution in [3.05, 3.63) is 60.0 Å². The molecule has 1 aliphatic rings. The minimum absolute atomic E-state index is 0.195. The van der Waals surface area contributed by atoms with E-state index in [0.717, 1.165) is 16.6 Å². The largest absolute Gasteiger partial charge is 0.349 e. The number of rotatable bonds is 2. The van der Waals surface area contributed by atoms with Crippen LogP contribution in [0, 0.1) is 6.92 Å². The van der Waals surface area contributed by atoms with Crippen molar-refractivity contribution in [2.24, 2.45) is 0 Å². The molecule has 4 rings (SSSR count). The van der Waals surface area contributed by atoms with Gasteiger partial charge in [-0.3, -0.25) is 4.98 Å². The van der Waals surface area contributed by atoms with Gasteiger partial charge in [-0.05, 0) is 43.7 Å². The molecule has 5 nitrogen and oxygen atoms in total. The second-order valence-corrected chi connectivity index (χ2v) is 8.12. The standard InChI is InChI=1S/C18H19N3O2S/c1-13-11-15-5-3-7-17(18(15)19-12-13)24(22,23)21-10-9-20-8-4-6-16(20)14(21)2/h3-8,11-12,14H,9-10H2,1-2H3/t14-/m1/s1. The van der Waals surface area contributed by atoms with E-state index in [1.807, 2.05) is 44.3 Å². The maximum Gasteiger partial charge on any atom is 0.245 e. The van der Waals surface area contributed by atoms with Crippen LogP contribution in [0.25, 0.3) is 10.9 Å². The number of hydrogen-bond acceptors (Lipinski definition) is 3. The predicted molar refractivity (Wildman–Crippen MR) is 93.2 cm³/mol. The fourth-order valence-electron chi connectivity index (χ4n) is 3.46. The number of benzene rings is 1. The highest BCUT2D eigenvalue weighted by molar-refractivity contribution is 7.89. The van der Waals surface area contributed by atoms with Crippen LogP contribution in [-0.2, 0) is 16.6 Å². The zero-order valence-electron chi connectivity index (χ0n) is 13.7. The highest BCUT2D eigenvalue weighted by atomic mass is 32.2. The summed E-state index contributed by atoms with van der Waals surface area (Å²) < 4.78 is 30.3. The van der Waals surface area contributed by atoms with E-state index in [2.05, 4.69) is 9.55 Å². The highest BCUT2D eigenvalue weighted by Gasteiger charge is 2.35. The summed E-state index contributed by atoms with van der Waals surface area (Å²) in [6.07, 6.45) is 3.71. The summed E-state index contributed by atoms with van der Waals surface area (Å²) in [5, 5.41) is 0.851. The van der Waals surface area contributed by atoms with Crippen LogP contribution in [0.5, 0.6) is 0 Å². The maximum absolute atomic E-state index is 13.3. The number of para-hydroxylation sites is 1. The first-order valence-corrected chi connectivity index (χ1v) is 9.45. The van der Waals surface area contributed by atoms with Crippen molar-refractivity contribution in [1.82, 2.24) is 13.9 Å². The van der Waals surface area contributed by atoms with E-state index in [-0.39, 0.29) is 10.9 Å². The van der Waals surface area contributed by atoms with Gasteiger partial charge in [-0.2, -0.15) is 4.31 Å². The Bertz CT molecular complexity index is 1020. The zero-order chi connectivity index (χ0) is 16.9. The number of fused-ring (bicyclic) bond motifs is 2. The lowest BCUT2D eigenvalue weighted by molar-refractivity contribution is 0.282. The van der Waals surface area contributed by atoms with Crippen LogP contribution in [0.3, 0.4) is 0 Å². The van der Waals surface area contributed by atoms with Gasteiger partial charge < -0.3 is 4.57 Å². The average molecular weight is 341 g/mol. The van der Waals surface area contributed by atoms with Crippen LogP contribution in [-0.4, -0.2) is 28.8 Å². The molecule has 1 atom stereocenters. The maximum atomic E-state index is 13.3. The van der Waals surface area contributed by atoms with Crippen molar-refractivity contribution in [1.29, 1.82) is 0 Å². The molecule has 0 saturated carbocycles. The average Bonchev–Trinajstić information content (AvgIpc) is 3.03. The molecule has 0 fully saturated rings. The molecule has 124 valence electrons. The molecule has 1 aliphatic heterocycles. The fraction of sp³-hybridized carbons (Fsp3) is 0.278. The molecular weight excluding hydrogens is 322 g/mol. The lowest BCUT2D eigenvalue weighted by atomic mass is 10.2. The van der Waals surface area contributed by atoms with E-state index in [4.69, 9.17) is 0 Å². The molecule has 0 aliphatic carbocycles. The molecule has 2 aromatic heterocycles. The number of nitrogens with zero attached hydrogens (tertiary/aromatic N) is 3. The van der Waals surface area contributed by atoms with Crippen molar-refractivity contribution in [3.8, 4) is 0 Å². The van der Waals surface area contributed by atoms with E-state index >= 15 is 0 Å². The first-order chi connectivity index (χ1) is 11.5. The van der Waals surface area contributed by atoms with E-state index in [0.29, 0.717) is 18.6 Å². The number of hydrogen-bond donors (Lipinski definition) is 0. The molecule has 0 unspecified atom stereocenters. The smallest absolute Gasteiger partial charge is 0.245 e. The lowest BCUT2D eigenvalue weighted by Gasteiger charge is -2.34. The van der Waals surface area contributed by atoms with Crippen molar-refractivity contribution < 1.29 is 8.42 Å². The summed E-state index contributed by atoms with van der Waals surface area (Å²) in [5.74, 6) is 0. The Kier molecular flexibility index (Phi) is 3.47. The SMILES string of the molecule is Cc1cnc2c(S(=O)(=O)N3CCn4cccc4[C@H]3C)cccc2c1. The molecule has 0 saturated heterocycles. The summed E-state index contributed by atoms with van der Waals surface area (Å²) in [4.78, 5) is 4.67. The normalized spacial score (nSPS) is 18.7. The third-order valence-corrected chi connectivity index (χ3v) is 6.68. The fourth-order valence-corrected chi connectivity index (χ4v) is 5.23. The molecule has 3 heterocycles. The Morgan fingerprint density at radius 1 is 1.17 bits per heavy atom. The van der Waals surface area contributed by atoms with E-state index < -0.39 is 10.0 Å². The molecule has 0 bridgehead atoms. The molecular formula is C18H19N3O2S. The van der Waals surface area contributed by atoms with Gasteiger partial charge >= 0.3 is 0 Å². The molecule has 6 heteroatoms. The molecule has 0 radical (unpaired) electrons. The molecule has 3 aromatic rings. The second-order valence-electron chi connectivity index (χ2n) is 6.26. The van der Waals surface area contributed by atoms with Crippen molar-refractivity contribution >= 4 is 20.9 Å². The van der Waals surface area contributed by atoms with Crippen molar-refractivity contribution in [3.63, 3.8) is 0 Å².